The molecule has 0 aliphatic carbocycles. The molecule has 1 saturated heterocycles. The lowest BCUT2D eigenvalue weighted by Gasteiger charge is -2.31. The van der Waals surface area contributed by atoms with Crippen LogP contribution in [0, 0.1) is 11.7 Å². The van der Waals surface area contributed by atoms with E-state index in [2.05, 4.69) is 0 Å². The third kappa shape index (κ3) is 4.28. The molecule has 126 valence electrons. The maximum absolute atomic E-state index is 13.7. The fraction of sp³-hybridized carbons (Fsp3) is 0.529. The van der Waals surface area contributed by atoms with Crippen molar-refractivity contribution in [1.29, 1.82) is 0 Å². The van der Waals surface area contributed by atoms with Gasteiger partial charge in [-0.3, -0.25) is 14.5 Å². The summed E-state index contributed by atoms with van der Waals surface area (Å²) in [4.78, 5) is 25.3. The topological polar surface area (TPSA) is 66.8 Å². The number of nitrogens with zero attached hydrogens (tertiary/aromatic N) is 1. The smallest absolute Gasteiger partial charge is 0.310 e. The van der Waals surface area contributed by atoms with E-state index in [9.17, 15) is 19.1 Å². The highest BCUT2D eigenvalue weighted by Gasteiger charge is 2.27. The average molecular weight is 323 g/mol. The van der Waals surface area contributed by atoms with Gasteiger partial charge < -0.3 is 9.84 Å². The molecule has 1 fully saturated rings. The summed E-state index contributed by atoms with van der Waals surface area (Å²) in [6, 6.07) is 2.27. The van der Waals surface area contributed by atoms with Crippen molar-refractivity contribution in [3.63, 3.8) is 0 Å². The van der Waals surface area contributed by atoms with Crippen molar-refractivity contribution in [2.75, 3.05) is 19.7 Å². The Morgan fingerprint density at radius 2 is 2.17 bits per heavy atom. The van der Waals surface area contributed by atoms with E-state index in [1.807, 2.05) is 4.90 Å². The molecule has 0 bridgehead atoms. The number of carbonyl (C=O) groups is 2. The van der Waals surface area contributed by atoms with E-state index in [0.717, 1.165) is 25.5 Å². The van der Waals surface area contributed by atoms with Gasteiger partial charge in [0, 0.05) is 18.7 Å². The molecule has 2 rings (SSSR count). The summed E-state index contributed by atoms with van der Waals surface area (Å²) in [5, 5.41) is 10.2. The highest BCUT2D eigenvalue weighted by Crippen LogP contribution is 2.28. The Labute approximate surface area is 135 Å². The lowest BCUT2D eigenvalue weighted by molar-refractivity contribution is -0.150. The number of carbonyl (C=O) groups excluding carboxylic acids is 2. The Kier molecular flexibility index (Phi) is 5.71. The molecule has 6 heteroatoms. The minimum atomic E-state index is -0.554. The molecule has 0 unspecified atom stereocenters. The third-order valence-corrected chi connectivity index (χ3v) is 4.05. The molecule has 1 aliphatic rings. The van der Waals surface area contributed by atoms with E-state index in [4.69, 9.17) is 4.74 Å². The van der Waals surface area contributed by atoms with Crippen LogP contribution >= 0.6 is 0 Å². The fourth-order valence-corrected chi connectivity index (χ4v) is 2.94. The predicted octanol–water partition coefficient (Wildman–Crippen LogP) is 2.51. The minimum Gasteiger partial charge on any atom is -0.507 e. The number of benzene rings is 1. The van der Waals surface area contributed by atoms with Gasteiger partial charge in [0.15, 0.2) is 5.78 Å². The van der Waals surface area contributed by atoms with Crippen molar-refractivity contribution < 1.29 is 23.8 Å². The van der Waals surface area contributed by atoms with Gasteiger partial charge >= 0.3 is 5.97 Å². The van der Waals surface area contributed by atoms with E-state index < -0.39 is 5.82 Å². The maximum Gasteiger partial charge on any atom is 0.310 e. The van der Waals surface area contributed by atoms with Crippen molar-refractivity contribution >= 4 is 11.8 Å². The minimum absolute atomic E-state index is 0.0149. The van der Waals surface area contributed by atoms with Gasteiger partial charge in [-0.05, 0) is 45.4 Å². The van der Waals surface area contributed by atoms with Crippen molar-refractivity contribution in [2.45, 2.75) is 33.2 Å². The Hall–Kier alpha value is -1.95. The van der Waals surface area contributed by atoms with Gasteiger partial charge in [-0.2, -0.15) is 0 Å². The van der Waals surface area contributed by atoms with Crippen molar-refractivity contribution in [3.05, 3.63) is 29.1 Å². The second-order valence-corrected chi connectivity index (χ2v) is 5.84. The van der Waals surface area contributed by atoms with Gasteiger partial charge in [-0.15, -0.1) is 0 Å². The highest BCUT2D eigenvalue weighted by molar-refractivity contribution is 5.97. The zero-order chi connectivity index (χ0) is 17.0. The molecule has 0 spiro atoms. The van der Waals surface area contributed by atoms with E-state index in [1.165, 1.54) is 13.0 Å². The Bertz CT molecular complexity index is 603. The van der Waals surface area contributed by atoms with Gasteiger partial charge in [-0.1, -0.05) is 0 Å². The third-order valence-electron chi connectivity index (χ3n) is 4.05. The number of ether oxygens (including phenoxy) is 1. The van der Waals surface area contributed by atoms with Crippen LogP contribution in [0.3, 0.4) is 0 Å². The number of phenolic OH excluding ortho intramolecular Hbond substituents is 1. The number of likely N-dealkylation sites (tertiary alicyclic amines) is 1. The van der Waals surface area contributed by atoms with E-state index in [1.54, 1.807) is 6.92 Å². The predicted molar refractivity (Wildman–Crippen MR) is 82.7 cm³/mol. The van der Waals surface area contributed by atoms with Gasteiger partial charge in [0.1, 0.15) is 11.6 Å². The first-order valence-corrected chi connectivity index (χ1v) is 7.83. The van der Waals surface area contributed by atoms with Crippen LogP contribution in [0.4, 0.5) is 4.39 Å². The summed E-state index contributed by atoms with van der Waals surface area (Å²) in [7, 11) is 0. The number of Topliss-reactive ketones (excluding diaryl/α,β-unsaturated/α-hetero) is 1. The first-order chi connectivity index (χ1) is 10.9. The van der Waals surface area contributed by atoms with Crippen molar-refractivity contribution in [1.82, 2.24) is 4.90 Å². The summed E-state index contributed by atoms with van der Waals surface area (Å²) >= 11 is 0. The van der Waals surface area contributed by atoms with Crippen molar-refractivity contribution in [3.8, 4) is 5.75 Å². The number of esters is 1. The first kappa shape index (κ1) is 17.4. The monoisotopic (exact) mass is 323 g/mol. The molecule has 1 atom stereocenters. The second-order valence-electron chi connectivity index (χ2n) is 5.84. The summed E-state index contributed by atoms with van der Waals surface area (Å²) in [6.07, 6.45) is 1.60. The lowest BCUT2D eigenvalue weighted by atomic mass is 9.97. The van der Waals surface area contributed by atoms with Crippen LogP contribution in [0.2, 0.25) is 0 Å². The number of ketones is 1. The largest absolute Gasteiger partial charge is 0.507 e. The Morgan fingerprint density at radius 3 is 2.83 bits per heavy atom. The number of aromatic hydroxyl groups is 1. The standard InChI is InChI=1S/C17H22FNO4/c1-3-23-17(22)12-5-4-6-19(9-12)10-13-7-14(18)8-15(11(2)20)16(13)21/h7-8,12,21H,3-6,9-10H2,1-2H3/t12-/m1/s1. The van der Waals surface area contributed by atoms with E-state index >= 15 is 0 Å². The van der Waals surface area contributed by atoms with Gasteiger partial charge in [0.25, 0.3) is 0 Å². The Balaban J connectivity index is 2.12. The summed E-state index contributed by atoms with van der Waals surface area (Å²) < 4.78 is 18.7. The number of rotatable bonds is 5. The summed E-state index contributed by atoms with van der Waals surface area (Å²) in [5.41, 5.74) is 0.346. The van der Waals surface area contributed by atoms with Crippen LogP contribution in [0.5, 0.6) is 5.75 Å². The molecule has 0 radical (unpaired) electrons. The Morgan fingerprint density at radius 1 is 1.43 bits per heavy atom. The van der Waals surface area contributed by atoms with Gasteiger partial charge in [-0.25, -0.2) is 4.39 Å². The van der Waals surface area contributed by atoms with Crippen LogP contribution in [-0.4, -0.2) is 41.5 Å². The molecular weight excluding hydrogens is 301 g/mol. The number of hydrogen-bond donors (Lipinski definition) is 1. The average Bonchev–Trinajstić information content (AvgIpc) is 2.51. The van der Waals surface area contributed by atoms with Crippen LogP contribution in [0.15, 0.2) is 12.1 Å². The molecule has 0 aromatic heterocycles. The SMILES string of the molecule is CCOC(=O)[C@@H]1CCCN(Cc2cc(F)cc(C(C)=O)c2O)C1. The molecule has 5 nitrogen and oxygen atoms in total. The molecule has 23 heavy (non-hydrogen) atoms. The molecule has 1 N–H and O–H groups in total. The molecule has 0 amide bonds. The normalized spacial score (nSPS) is 18.7. The number of phenols is 1. The first-order valence-electron chi connectivity index (χ1n) is 7.83. The highest BCUT2D eigenvalue weighted by atomic mass is 19.1. The lowest BCUT2D eigenvalue weighted by Crippen LogP contribution is -2.39. The number of halogens is 1. The van der Waals surface area contributed by atoms with Crippen LogP contribution in [0.1, 0.15) is 42.6 Å². The second kappa shape index (κ2) is 7.55. The zero-order valence-electron chi connectivity index (χ0n) is 13.5. The quantitative estimate of drug-likeness (QED) is 0.666. The van der Waals surface area contributed by atoms with E-state index in [0.29, 0.717) is 25.3 Å². The number of hydrogen-bond acceptors (Lipinski definition) is 5. The molecular formula is C17H22FNO4. The summed E-state index contributed by atoms with van der Waals surface area (Å²) in [5.74, 6) is -1.54. The molecule has 0 saturated carbocycles. The molecule has 1 aliphatic heterocycles. The fourth-order valence-electron chi connectivity index (χ4n) is 2.94. The number of piperidine rings is 1. The molecule has 1 heterocycles. The summed E-state index contributed by atoms with van der Waals surface area (Å²) in [6.45, 7) is 4.95. The maximum atomic E-state index is 13.7. The van der Waals surface area contributed by atoms with Crippen LogP contribution in [-0.2, 0) is 16.1 Å². The van der Waals surface area contributed by atoms with Crippen LogP contribution in [0.25, 0.3) is 0 Å². The van der Waals surface area contributed by atoms with Crippen LogP contribution < -0.4 is 0 Å². The van der Waals surface area contributed by atoms with Gasteiger partial charge in [0.2, 0.25) is 0 Å². The van der Waals surface area contributed by atoms with Crippen molar-refractivity contribution in [2.24, 2.45) is 5.92 Å². The van der Waals surface area contributed by atoms with E-state index in [-0.39, 0.29) is 29.0 Å². The van der Waals surface area contributed by atoms with Gasteiger partial charge in [0.05, 0.1) is 18.1 Å². The molecule has 1 aromatic carbocycles. The zero-order valence-corrected chi connectivity index (χ0v) is 13.5. The molecule has 1 aromatic rings.